The number of aromatic nitrogens is 1. The Morgan fingerprint density at radius 2 is 2.25 bits per heavy atom. The van der Waals surface area contributed by atoms with Gasteiger partial charge in [0.2, 0.25) is 0 Å². The first-order chi connectivity index (χ1) is 7.47. The van der Waals surface area contributed by atoms with E-state index >= 15 is 0 Å². The van der Waals surface area contributed by atoms with E-state index in [1.165, 1.54) is 0 Å². The van der Waals surface area contributed by atoms with E-state index in [0.717, 1.165) is 25.9 Å². The zero-order valence-electron chi connectivity index (χ0n) is 8.92. The average molecular weight is 250 g/mol. The van der Waals surface area contributed by atoms with Crippen molar-refractivity contribution in [3.63, 3.8) is 0 Å². The van der Waals surface area contributed by atoms with Crippen LogP contribution in [-0.2, 0) is 6.18 Å². The molecule has 2 rings (SSSR count). The summed E-state index contributed by atoms with van der Waals surface area (Å²) in [7, 11) is 1.99. The third-order valence-corrected chi connectivity index (χ3v) is 3.71. The Labute approximate surface area is 96.1 Å². The Bertz CT molecular complexity index is 361. The van der Waals surface area contributed by atoms with E-state index in [9.17, 15) is 13.2 Å². The predicted octanol–water partition coefficient (Wildman–Crippen LogP) is 2.97. The standard InChI is InChI=1S/C10H13F3N2S/c1-15-4-2-3-7(5-15)8-6-16-9(14-8)10(11,12)13/h6-7H,2-5H2,1H3. The molecule has 0 bridgehead atoms. The van der Waals surface area contributed by atoms with Crippen LogP contribution in [0.4, 0.5) is 13.2 Å². The fraction of sp³-hybridized carbons (Fsp3) is 0.700. The second-order valence-corrected chi connectivity index (χ2v) is 5.03. The minimum atomic E-state index is -4.30. The molecule has 1 unspecified atom stereocenters. The van der Waals surface area contributed by atoms with Gasteiger partial charge in [0.15, 0.2) is 5.01 Å². The van der Waals surface area contributed by atoms with Crippen LogP contribution in [0, 0.1) is 0 Å². The van der Waals surface area contributed by atoms with Crippen LogP contribution in [0.25, 0.3) is 0 Å². The van der Waals surface area contributed by atoms with E-state index in [1.807, 2.05) is 7.05 Å². The maximum Gasteiger partial charge on any atom is 0.443 e. The molecular weight excluding hydrogens is 237 g/mol. The molecule has 16 heavy (non-hydrogen) atoms. The molecule has 0 N–H and O–H groups in total. The molecule has 0 aliphatic carbocycles. The summed E-state index contributed by atoms with van der Waals surface area (Å²) in [5.41, 5.74) is 0.601. The molecule has 0 spiro atoms. The fourth-order valence-corrected chi connectivity index (χ4v) is 2.78. The van der Waals surface area contributed by atoms with Crippen LogP contribution in [0.15, 0.2) is 5.38 Å². The van der Waals surface area contributed by atoms with Gasteiger partial charge < -0.3 is 4.90 Å². The van der Waals surface area contributed by atoms with Gasteiger partial charge in [-0.1, -0.05) is 0 Å². The molecule has 1 aromatic rings. The number of likely N-dealkylation sites (tertiary alicyclic amines) is 1. The summed E-state index contributed by atoms with van der Waals surface area (Å²) in [6, 6.07) is 0. The number of alkyl halides is 3. The lowest BCUT2D eigenvalue weighted by atomic mass is 9.96. The number of halogens is 3. The third-order valence-electron chi connectivity index (χ3n) is 2.81. The maximum absolute atomic E-state index is 12.4. The Morgan fingerprint density at radius 1 is 1.50 bits per heavy atom. The van der Waals surface area contributed by atoms with Crippen LogP contribution in [0.5, 0.6) is 0 Å². The lowest BCUT2D eigenvalue weighted by molar-refractivity contribution is -0.137. The van der Waals surface area contributed by atoms with Crippen molar-refractivity contribution >= 4 is 11.3 Å². The average Bonchev–Trinajstić information content (AvgIpc) is 2.65. The smallest absolute Gasteiger partial charge is 0.306 e. The van der Waals surface area contributed by atoms with Crippen molar-refractivity contribution in [3.8, 4) is 0 Å². The minimum Gasteiger partial charge on any atom is -0.306 e. The highest BCUT2D eigenvalue weighted by Gasteiger charge is 2.35. The Balaban J connectivity index is 2.12. The lowest BCUT2D eigenvalue weighted by Crippen LogP contribution is -2.31. The SMILES string of the molecule is CN1CCCC(c2csc(C(F)(F)F)n2)C1. The van der Waals surface area contributed by atoms with Gasteiger partial charge in [-0.2, -0.15) is 13.2 Å². The summed E-state index contributed by atoms with van der Waals surface area (Å²) < 4.78 is 37.1. The molecule has 2 nitrogen and oxygen atoms in total. The number of likely N-dealkylation sites (N-methyl/N-ethyl adjacent to an activating group) is 1. The first-order valence-electron chi connectivity index (χ1n) is 5.18. The summed E-state index contributed by atoms with van der Waals surface area (Å²) in [6.45, 7) is 1.83. The molecule has 1 aliphatic heterocycles. The largest absolute Gasteiger partial charge is 0.443 e. The highest BCUT2D eigenvalue weighted by atomic mass is 32.1. The topological polar surface area (TPSA) is 16.1 Å². The molecule has 0 amide bonds. The van der Waals surface area contributed by atoms with E-state index in [0.29, 0.717) is 17.0 Å². The normalized spacial score (nSPS) is 23.6. The van der Waals surface area contributed by atoms with Crippen molar-refractivity contribution in [1.29, 1.82) is 0 Å². The monoisotopic (exact) mass is 250 g/mol. The van der Waals surface area contributed by atoms with E-state index in [2.05, 4.69) is 9.88 Å². The van der Waals surface area contributed by atoms with Gasteiger partial charge in [0.05, 0.1) is 5.69 Å². The van der Waals surface area contributed by atoms with Gasteiger partial charge in [-0.25, -0.2) is 4.98 Å². The summed E-state index contributed by atoms with van der Waals surface area (Å²) in [4.78, 5) is 5.85. The summed E-state index contributed by atoms with van der Waals surface area (Å²) in [5, 5.41) is 0.822. The quantitative estimate of drug-likeness (QED) is 0.761. The molecule has 1 aromatic heterocycles. The first kappa shape index (κ1) is 11.9. The molecule has 6 heteroatoms. The predicted molar refractivity (Wildman–Crippen MR) is 56.6 cm³/mol. The molecule has 0 radical (unpaired) electrons. The molecule has 1 aliphatic rings. The van der Waals surface area contributed by atoms with Gasteiger partial charge in [-0.05, 0) is 26.4 Å². The molecule has 1 fully saturated rings. The minimum absolute atomic E-state index is 0.158. The summed E-state index contributed by atoms with van der Waals surface area (Å²) in [6.07, 6.45) is -2.34. The number of thiazole rings is 1. The van der Waals surface area contributed by atoms with Gasteiger partial charge in [0.1, 0.15) is 0 Å². The second kappa shape index (κ2) is 4.33. The van der Waals surface area contributed by atoms with Crippen molar-refractivity contribution < 1.29 is 13.2 Å². The van der Waals surface area contributed by atoms with Gasteiger partial charge in [0, 0.05) is 17.8 Å². The second-order valence-electron chi connectivity index (χ2n) is 4.18. The Morgan fingerprint density at radius 3 is 2.81 bits per heavy atom. The highest BCUT2D eigenvalue weighted by molar-refractivity contribution is 7.09. The van der Waals surface area contributed by atoms with Gasteiger partial charge >= 0.3 is 6.18 Å². The van der Waals surface area contributed by atoms with Crippen molar-refractivity contribution in [2.75, 3.05) is 20.1 Å². The summed E-state index contributed by atoms with van der Waals surface area (Å²) in [5.74, 6) is 0.158. The molecule has 2 heterocycles. The van der Waals surface area contributed by atoms with E-state index in [1.54, 1.807) is 5.38 Å². The van der Waals surface area contributed by atoms with Crippen LogP contribution >= 0.6 is 11.3 Å². The number of nitrogens with zero attached hydrogens (tertiary/aromatic N) is 2. The number of rotatable bonds is 1. The highest BCUT2D eigenvalue weighted by Crippen LogP contribution is 2.34. The lowest BCUT2D eigenvalue weighted by Gasteiger charge is -2.28. The number of piperidine rings is 1. The Kier molecular flexibility index (Phi) is 3.21. The van der Waals surface area contributed by atoms with Crippen LogP contribution < -0.4 is 0 Å². The molecule has 0 saturated carbocycles. The molecule has 0 aromatic carbocycles. The van der Waals surface area contributed by atoms with Crippen LogP contribution in [-0.4, -0.2) is 30.0 Å². The van der Waals surface area contributed by atoms with Crippen LogP contribution in [0.1, 0.15) is 29.5 Å². The van der Waals surface area contributed by atoms with Gasteiger partial charge in [0.25, 0.3) is 0 Å². The van der Waals surface area contributed by atoms with E-state index in [4.69, 9.17) is 0 Å². The van der Waals surface area contributed by atoms with Crippen LogP contribution in [0.2, 0.25) is 0 Å². The number of hydrogen-bond acceptors (Lipinski definition) is 3. The zero-order valence-corrected chi connectivity index (χ0v) is 9.74. The van der Waals surface area contributed by atoms with Gasteiger partial charge in [-0.3, -0.25) is 0 Å². The zero-order chi connectivity index (χ0) is 11.8. The van der Waals surface area contributed by atoms with Crippen molar-refractivity contribution in [1.82, 2.24) is 9.88 Å². The molecule has 90 valence electrons. The van der Waals surface area contributed by atoms with Crippen molar-refractivity contribution in [2.24, 2.45) is 0 Å². The molecular formula is C10H13F3N2S. The van der Waals surface area contributed by atoms with E-state index in [-0.39, 0.29) is 5.92 Å². The first-order valence-corrected chi connectivity index (χ1v) is 6.06. The summed E-state index contributed by atoms with van der Waals surface area (Å²) >= 11 is 0.697. The molecule has 1 atom stereocenters. The maximum atomic E-state index is 12.4. The number of hydrogen-bond donors (Lipinski definition) is 0. The Hall–Kier alpha value is -0.620. The fourth-order valence-electron chi connectivity index (χ4n) is 2.01. The van der Waals surface area contributed by atoms with Crippen LogP contribution in [0.3, 0.4) is 0 Å². The van der Waals surface area contributed by atoms with Crippen molar-refractivity contribution in [3.05, 3.63) is 16.1 Å². The molecule has 1 saturated heterocycles. The van der Waals surface area contributed by atoms with Gasteiger partial charge in [-0.15, -0.1) is 11.3 Å². The van der Waals surface area contributed by atoms with Crippen molar-refractivity contribution in [2.45, 2.75) is 24.9 Å². The van der Waals surface area contributed by atoms with E-state index < -0.39 is 11.2 Å². The third kappa shape index (κ3) is 2.55.